The van der Waals surface area contributed by atoms with Crippen LogP contribution in [-0.4, -0.2) is 46.3 Å². The number of hydrogen-bond donors (Lipinski definition) is 3. The number of carboxylic acids is 1. The molecule has 0 saturated carbocycles. The SMILES string of the molecule is CNC(C)C/C=C/c1cncc(OC(C)C)c1.O=C(O)c1ccc(OC(=O)c2ccc(O)cc2)cc1. The van der Waals surface area contributed by atoms with Gasteiger partial charge in [-0.1, -0.05) is 12.2 Å². The Bertz CT molecular complexity index is 1140. The van der Waals surface area contributed by atoms with Crippen LogP contribution in [0.2, 0.25) is 0 Å². The lowest BCUT2D eigenvalue weighted by atomic mass is 10.2. The smallest absolute Gasteiger partial charge is 0.343 e. The molecular weight excluding hydrogens is 460 g/mol. The largest absolute Gasteiger partial charge is 0.508 e. The summed E-state index contributed by atoms with van der Waals surface area (Å²) in [6, 6.07) is 13.6. The highest BCUT2D eigenvalue weighted by molar-refractivity contribution is 5.91. The second-order valence-corrected chi connectivity index (χ2v) is 8.21. The predicted octanol–water partition coefficient (Wildman–Crippen LogP) is 5.19. The molecule has 0 aliphatic heterocycles. The number of carbonyl (C=O) groups excluding carboxylic acids is 1. The van der Waals surface area contributed by atoms with E-state index in [0.717, 1.165) is 17.7 Å². The van der Waals surface area contributed by atoms with Crippen LogP contribution in [0.25, 0.3) is 6.08 Å². The number of rotatable bonds is 9. The lowest BCUT2D eigenvalue weighted by Gasteiger charge is -2.09. The normalized spacial score (nSPS) is 11.5. The highest BCUT2D eigenvalue weighted by Gasteiger charge is 2.09. The summed E-state index contributed by atoms with van der Waals surface area (Å²) in [6.45, 7) is 6.18. The number of nitrogens with one attached hydrogen (secondary N) is 1. The van der Waals surface area contributed by atoms with Crippen LogP contribution in [0.15, 0.2) is 73.1 Å². The molecule has 3 rings (SSSR count). The molecule has 1 heterocycles. The Morgan fingerprint density at radius 3 is 2.19 bits per heavy atom. The molecule has 0 aliphatic carbocycles. The van der Waals surface area contributed by atoms with Crippen LogP contribution in [0.1, 0.15) is 53.5 Å². The highest BCUT2D eigenvalue weighted by atomic mass is 16.5. The quantitative estimate of drug-likeness (QED) is 0.276. The van der Waals surface area contributed by atoms with E-state index in [1.807, 2.05) is 33.2 Å². The summed E-state index contributed by atoms with van der Waals surface area (Å²) in [7, 11) is 1.97. The predicted molar refractivity (Wildman–Crippen MR) is 139 cm³/mol. The van der Waals surface area contributed by atoms with E-state index in [4.69, 9.17) is 19.7 Å². The summed E-state index contributed by atoms with van der Waals surface area (Å²) in [5.74, 6) is -0.492. The third-order valence-electron chi connectivity index (χ3n) is 4.81. The number of aromatic carboxylic acids is 1. The number of phenols is 1. The van der Waals surface area contributed by atoms with Crippen molar-refractivity contribution in [3.63, 3.8) is 0 Å². The number of ether oxygens (including phenoxy) is 2. The summed E-state index contributed by atoms with van der Waals surface area (Å²) >= 11 is 0. The Labute approximate surface area is 211 Å². The average Bonchev–Trinajstić information content (AvgIpc) is 2.85. The van der Waals surface area contributed by atoms with Crippen molar-refractivity contribution in [1.29, 1.82) is 0 Å². The number of nitrogens with zero attached hydrogens (tertiary/aromatic N) is 1. The van der Waals surface area contributed by atoms with Crippen LogP contribution in [0.5, 0.6) is 17.2 Å². The maximum absolute atomic E-state index is 11.7. The molecule has 0 radical (unpaired) electrons. The molecule has 190 valence electrons. The standard InChI is InChI=1S/C14H22N2O.C14H10O5/c1-11(2)17-14-8-13(9-16-10-14)7-5-6-12(3)15-4;15-11-5-1-10(2-6-11)14(18)19-12-7-3-9(4-8-12)13(16)17/h5,7-12,15H,6H2,1-4H3;1-8,15H,(H,16,17)/b7-5+;. The molecule has 3 aromatic rings. The molecule has 8 heteroatoms. The lowest BCUT2D eigenvalue weighted by Crippen LogP contribution is -2.19. The number of carboxylic acid groups (broad SMARTS) is 1. The van der Waals surface area contributed by atoms with Crippen molar-refractivity contribution in [3.8, 4) is 17.2 Å². The van der Waals surface area contributed by atoms with E-state index >= 15 is 0 Å². The second kappa shape index (κ2) is 14.3. The zero-order valence-corrected chi connectivity index (χ0v) is 20.8. The molecule has 0 fully saturated rings. The minimum absolute atomic E-state index is 0.0577. The van der Waals surface area contributed by atoms with Gasteiger partial charge in [0.2, 0.25) is 0 Å². The molecule has 1 unspecified atom stereocenters. The number of aromatic hydroxyl groups is 1. The Kier molecular flexibility index (Phi) is 11.1. The number of aromatic nitrogens is 1. The van der Waals surface area contributed by atoms with Crippen LogP contribution in [-0.2, 0) is 0 Å². The van der Waals surface area contributed by atoms with Crippen molar-refractivity contribution in [2.24, 2.45) is 0 Å². The second-order valence-electron chi connectivity index (χ2n) is 8.21. The Balaban J connectivity index is 0.000000255. The maximum atomic E-state index is 11.7. The number of benzene rings is 2. The van der Waals surface area contributed by atoms with Gasteiger partial charge in [-0.25, -0.2) is 9.59 Å². The number of phenolic OH excluding ortho intramolecular Hbond substituents is 1. The third-order valence-corrected chi connectivity index (χ3v) is 4.81. The zero-order valence-electron chi connectivity index (χ0n) is 20.8. The minimum Gasteiger partial charge on any atom is -0.508 e. The van der Waals surface area contributed by atoms with Crippen molar-refractivity contribution >= 4 is 18.0 Å². The van der Waals surface area contributed by atoms with Crippen LogP contribution < -0.4 is 14.8 Å². The zero-order chi connectivity index (χ0) is 26.5. The van der Waals surface area contributed by atoms with Gasteiger partial charge in [0.05, 0.1) is 23.4 Å². The van der Waals surface area contributed by atoms with Crippen molar-refractivity contribution in [2.45, 2.75) is 39.3 Å². The highest BCUT2D eigenvalue weighted by Crippen LogP contribution is 2.16. The average molecular weight is 493 g/mol. The first-order valence-electron chi connectivity index (χ1n) is 11.5. The molecule has 0 bridgehead atoms. The minimum atomic E-state index is -1.04. The molecule has 1 aromatic heterocycles. The molecule has 0 saturated heterocycles. The first kappa shape index (κ1) is 28.1. The number of esters is 1. The third kappa shape index (κ3) is 9.99. The van der Waals surface area contributed by atoms with Crippen molar-refractivity contribution in [3.05, 3.63) is 89.8 Å². The van der Waals surface area contributed by atoms with Gasteiger partial charge in [-0.05, 0) is 94.4 Å². The van der Waals surface area contributed by atoms with Crippen LogP contribution in [0, 0.1) is 0 Å². The van der Waals surface area contributed by atoms with E-state index in [9.17, 15) is 9.59 Å². The van der Waals surface area contributed by atoms with Gasteiger partial charge >= 0.3 is 11.9 Å². The van der Waals surface area contributed by atoms with E-state index in [-0.39, 0.29) is 23.2 Å². The van der Waals surface area contributed by atoms with E-state index in [2.05, 4.69) is 29.4 Å². The van der Waals surface area contributed by atoms with Crippen LogP contribution >= 0.6 is 0 Å². The van der Waals surface area contributed by atoms with Gasteiger partial charge in [0.15, 0.2) is 0 Å². The van der Waals surface area contributed by atoms with E-state index in [0.29, 0.717) is 11.6 Å². The summed E-state index contributed by atoms with van der Waals surface area (Å²) in [5, 5.41) is 21.0. The molecule has 0 spiro atoms. The summed E-state index contributed by atoms with van der Waals surface area (Å²) < 4.78 is 10.7. The lowest BCUT2D eigenvalue weighted by molar-refractivity contribution is 0.0696. The van der Waals surface area contributed by atoms with Gasteiger partial charge in [0, 0.05) is 12.2 Å². The number of carbonyl (C=O) groups is 2. The first-order chi connectivity index (χ1) is 17.2. The topological polar surface area (TPSA) is 118 Å². The molecule has 36 heavy (non-hydrogen) atoms. The monoisotopic (exact) mass is 492 g/mol. The summed E-state index contributed by atoms with van der Waals surface area (Å²) in [5.41, 5.74) is 1.48. The fourth-order valence-electron chi connectivity index (χ4n) is 2.82. The van der Waals surface area contributed by atoms with Crippen molar-refractivity contribution in [1.82, 2.24) is 10.3 Å². The maximum Gasteiger partial charge on any atom is 0.343 e. The molecule has 2 aromatic carbocycles. The van der Waals surface area contributed by atoms with E-state index in [1.54, 1.807) is 6.20 Å². The van der Waals surface area contributed by atoms with E-state index in [1.165, 1.54) is 48.5 Å². The van der Waals surface area contributed by atoms with Crippen molar-refractivity contribution in [2.75, 3.05) is 7.05 Å². The molecule has 0 amide bonds. The Morgan fingerprint density at radius 2 is 1.61 bits per heavy atom. The van der Waals surface area contributed by atoms with Gasteiger partial charge in [-0.2, -0.15) is 0 Å². The molecule has 0 aliphatic rings. The Hall–Kier alpha value is -4.17. The fraction of sp³-hybridized carbons (Fsp3) is 0.250. The van der Waals surface area contributed by atoms with Crippen LogP contribution in [0.3, 0.4) is 0 Å². The molecule has 3 N–H and O–H groups in total. The van der Waals surface area contributed by atoms with Gasteiger partial charge in [-0.3, -0.25) is 4.98 Å². The van der Waals surface area contributed by atoms with E-state index < -0.39 is 11.9 Å². The first-order valence-corrected chi connectivity index (χ1v) is 11.5. The van der Waals surface area contributed by atoms with Gasteiger partial charge in [-0.15, -0.1) is 0 Å². The molecule has 8 nitrogen and oxygen atoms in total. The number of hydrogen-bond acceptors (Lipinski definition) is 7. The van der Waals surface area contributed by atoms with Gasteiger partial charge in [0.25, 0.3) is 0 Å². The van der Waals surface area contributed by atoms with Gasteiger partial charge < -0.3 is 25.0 Å². The molecule has 1 atom stereocenters. The summed E-state index contributed by atoms with van der Waals surface area (Å²) in [4.78, 5) is 26.5. The van der Waals surface area contributed by atoms with Crippen LogP contribution in [0.4, 0.5) is 0 Å². The fourth-order valence-corrected chi connectivity index (χ4v) is 2.82. The Morgan fingerprint density at radius 1 is 0.972 bits per heavy atom. The number of pyridine rings is 1. The van der Waals surface area contributed by atoms with Crippen molar-refractivity contribution < 1.29 is 29.3 Å². The summed E-state index contributed by atoms with van der Waals surface area (Å²) in [6.07, 6.45) is 9.00. The van der Waals surface area contributed by atoms with Gasteiger partial charge in [0.1, 0.15) is 17.2 Å². The molecular formula is C28H32N2O6.